The van der Waals surface area contributed by atoms with Gasteiger partial charge in [-0.1, -0.05) is 11.6 Å². The predicted octanol–water partition coefficient (Wildman–Crippen LogP) is 1.95. The van der Waals surface area contributed by atoms with Gasteiger partial charge >= 0.3 is 0 Å². The van der Waals surface area contributed by atoms with E-state index in [9.17, 15) is 9.90 Å². The highest BCUT2D eigenvalue weighted by molar-refractivity contribution is 6.33. The fourth-order valence-electron chi connectivity index (χ4n) is 1.66. The molecule has 20 heavy (non-hydrogen) atoms. The number of hydrogen-bond acceptors (Lipinski definition) is 4. The molecule has 0 bridgehead atoms. The first-order valence-electron chi connectivity index (χ1n) is 6.60. The van der Waals surface area contributed by atoms with Crippen LogP contribution < -0.4 is 11.1 Å². The van der Waals surface area contributed by atoms with Crippen molar-refractivity contribution in [3.63, 3.8) is 0 Å². The molecule has 4 N–H and O–H groups in total. The Morgan fingerprint density at radius 1 is 1.50 bits per heavy atom. The van der Waals surface area contributed by atoms with E-state index in [1.165, 1.54) is 0 Å². The van der Waals surface area contributed by atoms with E-state index >= 15 is 0 Å². The molecular formula is C14H22ClN3O2. The van der Waals surface area contributed by atoms with E-state index in [1.54, 1.807) is 25.1 Å². The van der Waals surface area contributed by atoms with Crippen molar-refractivity contribution in [2.24, 2.45) is 0 Å². The van der Waals surface area contributed by atoms with Crippen LogP contribution in [0.25, 0.3) is 0 Å². The third kappa shape index (κ3) is 6.23. The van der Waals surface area contributed by atoms with Crippen LogP contribution in [0.5, 0.6) is 0 Å². The lowest BCUT2D eigenvalue weighted by Crippen LogP contribution is -2.26. The lowest BCUT2D eigenvalue weighted by atomic mass is 10.2. The zero-order valence-corrected chi connectivity index (χ0v) is 12.7. The van der Waals surface area contributed by atoms with Crippen LogP contribution in [0.3, 0.4) is 0 Å². The van der Waals surface area contributed by atoms with Crippen molar-refractivity contribution in [2.75, 3.05) is 31.2 Å². The van der Waals surface area contributed by atoms with Crippen molar-refractivity contribution < 1.29 is 9.90 Å². The number of nitrogens with one attached hydrogen (secondary N) is 1. The van der Waals surface area contributed by atoms with Gasteiger partial charge in [0.2, 0.25) is 5.91 Å². The van der Waals surface area contributed by atoms with Crippen molar-refractivity contribution in [3.05, 3.63) is 23.2 Å². The second-order valence-electron chi connectivity index (χ2n) is 4.98. The molecule has 0 saturated heterocycles. The average Bonchev–Trinajstić information content (AvgIpc) is 2.38. The minimum Gasteiger partial charge on any atom is -0.397 e. The van der Waals surface area contributed by atoms with Crippen molar-refractivity contribution in [3.8, 4) is 0 Å². The minimum absolute atomic E-state index is 0.0735. The molecule has 6 heteroatoms. The first-order valence-corrected chi connectivity index (χ1v) is 6.97. The van der Waals surface area contributed by atoms with Crippen LogP contribution in [-0.4, -0.2) is 42.2 Å². The molecule has 0 aliphatic carbocycles. The summed E-state index contributed by atoms with van der Waals surface area (Å²) in [5.74, 6) is -0.0735. The summed E-state index contributed by atoms with van der Waals surface area (Å²) in [7, 11) is 1.93. The number of carbonyl (C=O) groups excluding carboxylic acids is 1. The fraction of sp³-hybridized carbons (Fsp3) is 0.500. The molecule has 0 aromatic heterocycles. The number of nitrogens with two attached hydrogens (primary N) is 1. The van der Waals surface area contributed by atoms with Gasteiger partial charge in [-0.3, -0.25) is 4.79 Å². The molecule has 0 aliphatic rings. The normalized spacial score (nSPS) is 12.4. The molecule has 0 heterocycles. The molecule has 1 unspecified atom stereocenters. The SMILES string of the molecule is CC(O)CCN(C)CCC(=O)Nc1ccc(Cl)c(N)c1. The Labute approximate surface area is 124 Å². The van der Waals surface area contributed by atoms with Gasteiger partial charge < -0.3 is 21.1 Å². The standard InChI is InChI=1S/C14H22ClN3O2/c1-10(19)5-7-18(2)8-6-14(20)17-11-3-4-12(15)13(16)9-11/h3-4,9-10,19H,5-8,16H2,1-2H3,(H,17,20). The molecule has 1 aromatic carbocycles. The highest BCUT2D eigenvalue weighted by Crippen LogP contribution is 2.22. The maximum Gasteiger partial charge on any atom is 0.225 e. The highest BCUT2D eigenvalue weighted by Gasteiger charge is 2.07. The molecule has 1 rings (SSSR count). The number of nitrogens with zero attached hydrogens (tertiary/aromatic N) is 1. The van der Waals surface area contributed by atoms with E-state index in [1.807, 2.05) is 11.9 Å². The maximum absolute atomic E-state index is 11.8. The molecule has 0 fully saturated rings. The van der Waals surface area contributed by atoms with Gasteiger partial charge in [-0.2, -0.15) is 0 Å². The number of anilines is 2. The third-order valence-electron chi connectivity index (χ3n) is 2.93. The first kappa shape index (κ1) is 16.8. The molecule has 112 valence electrons. The first-order chi connectivity index (χ1) is 9.38. The smallest absolute Gasteiger partial charge is 0.225 e. The molecule has 0 spiro atoms. The molecule has 0 aliphatic heterocycles. The third-order valence-corrected chi connectivity index (χ3v) is 3.27. The Morgan fingerprint density at radius 3 is 2.80 bits per heavy atom. The van der Waals surface area contributed by atoms with Gasteiger partial charge in [-0.05, 0) is 38.6 Å². The Hall–Kier alpha value is -1.30. The maximum atomic E-state index is 11.8. The van der Waals surface area contributed by atoms with Gasteiger partial charge in [0.25, 0.3) is 0 Å². The number of hydrogen-bond donors (Lipinski definition) is 3. The summed E-state index contributed by atoms with van der Waals surface area (Å²) in [6.07, 6.45) is 0.772. The van der Waals surface area contributed by atoms with E-state index in [2.05, 4.69) is 5.32 Å². The number of aliphatic hydroxyl groups is 1. The highest BCUT2D eigenvalue weighted by atomic mass is 35.5. The van der Waals surface area contributed by atoms with Crippen LogP contribution in [0.4, 0.5) is 11.4 Å². The van der Waals surface area contributed by atoms with E-state index in [0.717, 1.165) is 6.54 Å². The molecule has 5 nitrogen and oxygen atoms in total. The van der Waals surface area contributed by atoms with Crippen molar-refractivity contribution in [1.82, 2.24) is 4.90 Å². The molecule has 1 atom stereocenters. The largest absolute Gasteiger partial charge is 0.397 e. The second kappa shape index (κ2) is 8.09. The number of amides is 1. The minimum atomic E-state index is -0.316. The van der Waals surface area contributed by atoms with E-state index in [0.29, 0.717) is 35.8 Å². The van der Waals surface area contributed by atoms with Crippen molar-refractivity contribution in [2.45, 2.75) is 25.9 Å². The van der Waals surface area contributed by atoms with Crippen LogP contribution in [0, 0.1) is 0 Å². The van der Waals surface area contributed by atoms with E-state index in [-0.39, 0.29) is 12.0 Å². The Balaban J connectivity index is 2.34. The monoisotopic (exact) mass is 299 g/mol. The van der Waals surface area contributed by atoms with Gasteiger partial charge in [0.05, 0.1) is 16.8 Å². The molecule has 1 amide bonds. The average molecular weight is 300 g/mol. The van der Waals surface area contributed by atoms with Crippen molar-refractivity contribution >= 4 is 28.9 Å². The topological polar surface area (TPSA) is 78.6 Å². The molecular weight excluding hydrogens is 278 g/mol. The molecule has 1 aromatic rings. The summed E-state index contributed by atoms with van der Waals surface area (Å²) >= 11 is 5.82. The van der Waals surface area contributed by atoms with Crippen LogP contribution in [-0.2, 0) is 4.79 Å². The Kier molecular flexibility index (Phi) is 6.78. The summed E-state index contributed by atoms with van der Waals surface area (Å²) in [6.45, 7) is 3.16. The number of benzene rings is 1. The summed E-state index contributed by atoms with van der Waals surface area (Å²) in [5.41, 5.74) is 6.76. The van der Waals surface area contributed by atoms with Gasteiger partial charge in [0.1, 0.15) is 0 Å². The van der Waals surface area contributed by atoms with Gasteiger partial charge in [0.15, 0.2) is 0 Å². The van der Waals surface area contributed by atoms with Crippen LogP contribution in [0.2, 0.25) is 5.02 Å². The quantitative estimate of drug-likeness (QED) is 0.673. The van der Waals surface area contributed by atoms with Gasteiger partial charge in [-0.15, -0.1) is 0 Å². The Bertz CT molecular complexity index is 452. The number of nitrogen functional groups attached to an aromatic ring is 1. The summed E-state index contributed by atoms with van der Waals surface area (Å²) in [4.78, 5) is 13.8. The number of carbonyl (C=O) groups is 1. The zero-order valence-electron chi connectivity index (χ0n) is 11.9. The lowest BCUT2D eigenvalue weighted by molar-refractivity contribution is -0.116. The predicted molar refractivity (Wildman–Crippen MR) is 82.9 cm³/mol. The number of aliphatic hydroxyl groups excluding tert-OH is 1. The van der Waals surface area contributed by atoms with Gasteiger partial charge in [-0.25, -0.2) is 0 Å². The molecule has 0 saturated carbocycles. The zero-order chi connectivity index (χ0) is 15.1. The molecule has 0 radical (unpaired) electrons. The van der Waals surface area contributed by atoms with Crippen LogP contribution >= 0.6 is 11.6 Å². The number of rotatable bonds is 7. The second-order valence-corrected chi connectivity index (χ2v) is 5.38. The van der Waals surface area contributed by atoms with Crippen LogP contribution in [0.15, 0.2) is 18.2 Å². The summed E-state index contributed by atoms with van der Waals surface area (Å²) in [6, 6.07) is 5.01. The lowest BCUT2D eigenvalue weighted by Gasteiger charge is -2.17. The van der Waals surface area contributed by atoms with E-state index < -0.39 is 0 Å². The summed E-state index contributed by atoms with van der Waals surface area (Å²) in [5, 5.41) is 12.4. The van der Waals surface area contributed by atoms with Crippen LogP contribution in [0.1, 0.15) is 19.8 Å². The van der Waals surface area contributed by atoms with Gasteiger partial charge in [0, 0.05) is 25.2 Å². The van der Waals surface area contributed by atoms with E-state index in [4.69, 9.17) is 17.3 Å². The van der Waals surface area contributed by atoms with Crippen molar-refractivity contribution in [1.29, 1.82) is 0 Å². The fourth-order valence-corrected chi connectivity index (χ4v) is 1.77. The number of halogens is 1. The Morgan fingerprint density at radius 2 is 2.20 bits per heavy atom. The summed E-state index contributed by atoms with van der Waals surface area (Å²) < 4.78 is 0.